The SMILES string of the molecule is CC.CC(=O)/C(C)=C/c1ccccc1. The van der Waals surface area contributed by atoms with Crippen molar-refractivity contribution < 1.29 is 4.79 Å². The first kappa shape index (κ1) is 12.6. The number of benzene rings is 1. The van der Waals surface area contributed by atoms with Gasteiger partial charge in [0, 0.05) is 0 Å². The maximum absolute atomic E-state index is 10.9. The predicted molar refractivity (Wildman–Crippen MR) is 62.1 cm³/mol. The van der Waals surface area contributed by atoms with E-state index in [2.05, 4.69) is 0 Å². The van der Waals surface area contributed by atoms with Crippen molar-refractivity contribution in [3.63, 3.8) is 0 Å². The molecule has 0 heterocycles. The van der Waals surface area contributed by atoms with Crippen LogP contribution >= 0.6 is 0 Å². The van der Waals surface area contributed by atoms with Crippen LogP contribution in [0.3, 0.4) is 0 Å². The standard InChI is InChI=1S/C11H12O.C2H6/c1-9(10(2)12)8-11-6-4-3-5-7-11;1-2/h3-8H,1-2H3;1-2H3/b9-8+;. The Bertz CT molecular complexity index is 296. The van der Waals surface area contributed by atoms with Gasteiger partial charge in [-0.15, -0.1) is 0 Å². The fourth-order valence-corrected chi connectivity index (χ4v) is 0.901. The van der Waals surface area contributed by atoms with E-state index in [9.17, 15) is 4.79 Å². The quantitative estimate of drug-likeness (QED) is 0.650. The lowest BCUT2D eigenvalue weighted by atomic mass is 10.1. The molecule has 0 unspecified atom stereocenters. The topological polar surface area (TPSA) is 17.1 Å². The average molecular weight is 190 g/mol. The average Bonchev–Trinajstić information content (AvgIpc) is 2.22. The summed E-state index contributed by atoms with van der Waals surface area (Å²) in [7, 11) is 0. The fourth-order valence-electron chi connectivity index (χ4n) is 0.901. The van der Waals surface area contributed by atoms with E-state index in [1.807, 2.05) is 57.2 Å². The lowest BCUT2D eigenvalue weighted by Crippen LogP contribution is -1.90. The summed E-state index contributed by atoms with van der Waals surface area (Å²) in [6.45, 7) is 7.41. The van der Waals surface area contributed by atoms with Gasteiger partial charge in [0.05, 0.1) is 0 Å². The Morgan fingerprint density at radius 3 is 2.00 bits per heavy atom. The molecular formula is C13H18O. The number of hydrogen-bond donors (Lipinski definition) is 0. The molecule has 1 nitrogen and oxygen atoms in total. The van der Waals surface area contributed by atoms with E-state index in [-0.39, 0.29) is 5.78 Å². The Labute approximate surface area is 86.5 Å². The van der Waals surface area contributed by atoms with Crippen LogP contribution in [0.1, 0.15) is 33.3 Å². The minimum atomic E-state index is 0.124. The number of ketones is 1. The van der Waals surface area contributed by atoms with Crippen molar-refractivity contribution >= 4 is 11.9 Å². The molecule has 0 atom stereocenters. The third kappa shape index (κ3) is 4.61. The molecule has 0 radical (unpaired) electrons. The second-order valence-electron chi connectivity index (χ2n) is 2.79. The summed E-state index contributed by atoms with van der Waals surface area (Å²) in [4.78, 5) is 10.9. The minimum absolute atomic E-state index is 0.124. The molecule has 14 heavy (non-hydrogen) atoms. The summed E-state index contributed by atoms with van der Waals surface area (Å²) in [5.41, 5.74) is 1.87. The molecule has 0 aliphatic carbocycles. The van der Waals surface area contributed by atoms with Crippen LogP contribution in [0.15, 0.2) is 35.9 Å². The van der Waals surface area contributed by atoms with Crippen molar-refractivity contribution in [3.8, 4) is 0 Å². The molecule has 0 saturated heterocycles. The van der Waals surface area contributed by atoms with Gasteiger partial charge in [0.1, 0.15) is 0 Å². The lowest BCUT2D eigenvalue weighted by molar-refractivity contribution is -0.113. The molecule has 0 bridgehead atoms. The van der Waals surface area contributed by atoms with Crippen molar-refractivity contribution in [3.05, 3.63) is 41.5 Å². The van der Waals surface area contributed by atoms with Crippen molar-refractivity contribution in [2.24, 2.45) is 0 Å². The number of carbonyl (C=O) groups is 1. The van der Waals surface area contributed by atoms with Gasteiger partial charge in [-0.05, 0) is 31.1 Å². The van der Waals surface area contributed by atoms with E-state index >= 15 is 0 Å². The highest BCUT2D eigenvalue weighted by Gasteiger charge is 1.94. The maximum Gasteiger partial charge on any atom is 0.155 e. The van der Waals surface area contributed by atoms with E-state index in [1.165, 1.54) is 0 Å². The Kier molecular flexibility index (Phi) is 6.38. The maximum atomic E-state index is 10.9. The van der Waals surface area contributed by atoms with Gasteiger partial charge < -0.3 is 0 Å². The predicted octanol–water partition coefficient (Wildman–Crippen LogP) is 3.71. The van der Waals surface area contributed by atoms with Crippen LogP contribution in [-0.2, 0) is 4.79 Å². The Balaban J connectivity index is 0.000000791. The van der Waals surface area contributed by atoms with E-state index in [4.69, 9.17) is 0 Å². The highest BCUT2D eigenvalue weighted by atomic mass is 16.1. The van der Waals surface area contributed by atoms with Crippen LogP contribution in [0.4, 0.5) is 0 Å². The van der Waals surface area contributed by atoms with Gasteiger partial charge in [0.25, 0.3) is 0 Å². The van der Waals surface area contributed by atoms with Crippen molar-refractivity contribution in [2.75, 3.05) is 0 Å². The summed E-state index contributed by atoms with van der Waals surface area (Å²) in [5.74, 6) is 0.124. The summed E-state index contributed by atoms with van der Waals surface area (Å²) in [6, 6.07) is 9.83. The molecule has 0 N–H and O–H groups in total. The normalized spacial score (nSPS) is 10.1. The van der Waals surface area contributed by atoms with E-state index in [1.54, 1.807) is 6.92 Å². The number of hydrogen-bond acceptors (Lipinski definition) is 1. The molecule has 0 saturated carbocycles. The molecule has 0 aliphatic rings. The summed E-state index contributed by atoms with van der Waals surface area (Å²) >= 11 is 0. The second-order valence-corrected chi connectivity index (χ2v) is 2.79. The Hall–Kier alpha value is -1.37. The van der Waals surface area contributed by atoms with Crippen LogP contribution in [0.2, 0.25) is 0 Å². The van der Waals surface area contributed by atoms with Crippen LogP contribution in [0.5, 0.6) is 0 Å². The first-order chi connectivity index (χ1) is 6.70. The van der Waals surface area contributed by atoms with Crippen LogP contribution in [-0.4, -0.2) is 5.78 Å². The second kappa shape index (κ2) is 7.07. The van der Waals surface area contributed by atoms with E-state index in [0.29, 0.717) is 0 Å². The molecule has 1 heteroatoms. The molecule has 0 aliphatic heterocycles. The molecule has 1 aromatic rings. The zero-order chi connectivity index (χ0) is 11.0. The van der Waals surface area contributed by atoms with Crippen molar-refractivity contribution in [1.82, 2.24) is 0 Å². The van der Waals surface area contributed by atoms with Crippen molar-refractivity contribution in [2.45, 2.75) is 27.7 Å². The highest BCUT2D eigenvalue weighted by Crippen LogP contribution is 2.06. The van der Waals surface area contributed by atoms with Gasteiger partial charge in [-0.3, -0.25) is 4.79 Å². The number of allylic oxidation sites excluding steroid dienone is 1. The molecule has 0 aromatic heterocycles. The van der Waals surface area contributed by atoms with Crippen LogP contribution < -0.4 is 0 Å². The molecule has 0 amide bonds. The van der Waals surface area contributed by atoms with Gasteiger partial charge in [-0.1, -0.05) is 44.2 Å². The first-order valence-electron chi connectivity index (χ1n) is 4.94. The third-order valence-corrected chi connectivity index (χ3v) is 1.74. The Morgan fingerprint density at radius 1 is 1.07 bits per heavy atom. The zero-order valence-corrected chi connectivity index (χ0v) is 9.37. The first-order valence-corrected chi connectivity index (χ1v) is 4.94. The van der Waals surface area contributed by atoms with Crippen LogP contribution in [0.25, 0.3) is 6.08 Å². The third-order valence-electron chi connectivity index (χ3n) is 1.74. The number of rotatable bonds is 2. The fraction of sp³-hybridized carbons (Fsp3) is 0.308. The lowest BCUT2D eigenvalue weighted by Gasteiger charge is -1.94. The summed E-state index contributed by atoms with van der Waals surface area (Å²) < 4.78 is 0. The van der Waals surface area contributed by atoms with Gasteiger partial charge in [-0.2, -0.15) is 0 Å². The van der Waals surface area contributed by atoms with Gasteiger partial charge in [0.2, 0.25) is 0 Å². The smallest absolute Gasteiger partial charge is 0.155 e. The van der Waals surface area contributed by atoms with Crippen molar-refractivity contribution in [1.29, 1.82) is 0 Å². The molecule has 1 aromatic carbocycles. The minimum Gasteiger partial charge on any atom is -0.295 e. The molecule has 76 valence electrons. The summed E-state index contributed by atoms with van der Waals surface area (Å²) in [6.07, 6.45) is 1.89. The Morgan fingerprint density at radius 2 is 1.57 bits per heavy atom. The molecule has 0 fully saturated rings. The van der Waals surface area contributed by atoms with E-state index in [0.717, 1.165) is 11.1 Å². The molecule has 0 spiro atoms. The molecule has 1 rings (SSSR count). The number of Topliss-reactive ketones (excluding diaryl/α,β-unsaturated/α-hetero) is 1. The molecular weight excluding hydrogens is 172 g/mol. The number of carbonyl (C=O) groups excluding carboxylic acids is 1. The van der Waals surface area contributed by atoms with E-state index < -0.39 is 0 Å². The van der Waals surface area contributed by atoms with Gasteiger partial charge >= 0.3 is 0 Å². The van der Waals surface area contributed by atoms with Crippen LogP contribution in [0, 0.1) is 0 Å². The highest BCUT2D eigenvalue weighted by molar-refractivity contribution is 5.97. The zero-order valence-electron chi connectivity index (χ0n) is 9.37. The van der Waals surface area contributed by atoms with Gasteiger partial charge in [-0.25, -0.2) is 0 Å². The monoisotopic (exact) mass is 190 g/mol. The summed E-state index contributed by atoms with van der Waals surface area (Å²) in [5, 5.41) is 0. The largest absolute Gasteiger partial charge is 0.295 e. The van der Waals surface area contributed by atoms with Gasteiger partial charge in [0.15, 0.2) is 5.78 Å².